The normalized spacial score (nSPS) is 21.3. The number of aliphatic hydroxyl groups is 1. The summed E-state index contributed by atoms with van der Waals surface area (Å²) in [5.74, 6) is 0.918. The first-order chi connectivity index (χ1) is 10.3. The Hall–Kier alpha value is -1.72. The van der Waals surface area contributed by atoms with Crippen molar-refractivity contribution in [3.8, 4) is 0 Å². The van der Waals surface area contributed by atoms with E-state index in [0.29, 0.717) is 13.0 Å². The van der Waals surface area contributed by atoms with Gasteiger partial charge in [0, 0.05) is 6.54 Å². The maximum absolute atomic E-state index is 10.4. The van der Waals surface area contributed by atoms with Gasteiger partial charge in [0.1, 0.15) is 12.2 Å². The monoisotopic (exact) mass is 286 g/mol. The Kier molecular flexibility index (Phi) is 4.62. The fraction of sp³-hybridized carbons (Fsp3) is 0.500. The Morgan fingerprint density at radius 3 is 2.90 bits per heavy atom. The van der Waals surface area contributed by atoms with E-state index in [9.17, 15) is 5.11 Å². The maximum atomic E-state index is 10.4. The van der Waals surface area contributed by atoms with Crippen LogP contribution in [-0.4, -0.2) is 44.4 Å². The quantitative estimate of drug-likeness (QED) is 0.881. The molecule has 112 valence electrons. The summed E-state index contributed by atoms with van der Waals surface area (Å²) in [7, 11) is 0. The van der Waals surface area contributed by atoms with Gasteiger partial charge in [-0.3, -0.25) is 10.00 Å². The molecule has 0 amide bonds. The number of piperidine rings is 1. The molecule has 2 heterocycles. The van der Waals surface area contributed by atoms with Crippen LogP contribution in [0.4, 0.5) is 0 Å². The lowest BCUT2D eigenvalue weighted by Crippen LogP contribution is -2.40. The van der Waals surface area contributed by atoms with Crippen LogP contribution >= 0.6 is 0 Å². The zero-order valence-electron chi connectivity index (χ0n) is 12.2. The minimum atomic E-state index is -0.351. The Bertz CT molecular complexity index is 528. The molecular formula is C16H22N4O. The number of β-amino-alcohol motifs (C(OH)–C–C–N with tert-alkyl or cyclic N) is 1. The van der Waals surface area contributed by atoms with E-state index in [0.717, 1.165) is 18.8 Å². The smallest absolute Gasteiger partial charge is 0.141 e. The molecule has 5 nitrogen and oxygen atoms in total. The van der Waals surface area contributed by atoms with Gasteiger partial charge in [-0.25, -0.2) is 4.98 Å². The summed E-state index contributed by atoms with van der Waals surface area (Å²) in [4.78, 5) is 6.62. The van der Waals surface area contributed by atoms with Gasteiger partial charge >= 0.3 is 0 Å². The zero-order valence-corrected chi connectivity index (χ0v) is 12.2. The maximum Gasteiger partial charge on any atom is 0.141 e. The second kappa shape index (κ2) is 6.83. The number of aromatic amines is 1. The summed E-state index contributed by atoms with van der Waals surface area (Å²) in [5.41, 5.74) is 1.18. The number of aliphatic hydroxyl groups excluding tert-OH is 1. The van der Waals surface area contributed by atoms with Crippen LogP contribution in [0.1, 0.15) is 36.7 Å². The third-order valence-electron chi connectivity index (χ3n) is 4.12. The van der Waals surface area contributed by atoms with E-state index in [4.69, 9.17) is 0 Å². The lowest BCUT2D eigenvalue weighted by Gasteiger charge is -2.35. The molecule has 2 atom stereocenters. The van der Waals surface area contributed by atoms with Gasteiger partial charge in [-0.1, -0.05) is 36.8 Å². The SMILES string of the molecule is OC(Cc1ccccc1)CN1CCCCC1c1ncn[nH]1. The number of hydrogen-bond donors (Lipinski definition) is 2. The highest BCUT2D eigenvalue weighted by Gasteiger charge is 2.27. The van der Waals surface area contributed by atoms with Crippen molar-refractivity contribution in [3.63, 3.8) is 0 Å². The van der Waals surface area contributed by atoms with E-state index < -0.39 is 0 Å². The molecular weight excluding hydrogens is 264 g/mol. The Morgan fingerprint density at radius 2 is 2.14 bits per heavy atom. The van der Waals surface area contributed by atoms with Crippen LogP contribution in [-0.2, 0) is 6.42 Å². The molecule has 2 N–H and O–H groups in total. The molecule has 1 aromatic heterocycles. The van der Waals surface area contributed by atoms with Crippen molar-refractivity contribution in [1.29, 1.82) is 0 Å². The largest absolute Gasteiger partial charge is 0.391 e. The fourth-order valence-electron chi connectivity index (χ4n) is 3.12. The van der Waals surface area contributed by atoms with Crippen molar-refractivity contribution in [3.05, 3.63) is 48.0 Å². The van der Waals surface area contributed by atoms with E-state index in [-0.39, 0.29) is 12.1 Å². The van der Waals surface area contributed by atoms with E-state index in [2.05, 4.69) is 32.2 Å². The molecule has 3 rings (SSSR count). The van der Waals surface area contributed by atoms with Crippen LogP contribution in [0.3, 0.4) is 0 Å². The molecule has 0 saturated carbocycles. The number of nitrogens with one attached hydrogen (secondary N) is 1. The van der Waals surface area contributed by atoms with Gasteiger partial charge in [-0.15, -0.1) is 0 Å². The van der Waals surface area contributed by atoms with Gasteiger partial charge in [0.15, 0.2) is 0 Å². The number of H-pyrrole nitrogens is 1. The minimum absolute atomic E-state index is 0.256. The number of aromatic nitrogens is 3. The molecule has 0 spiro atoms. The summed E-state index contributed by atoms with van der Waals surface area (Å²) in [6.07, 6.45) is 5.37. The number of hydrogen-bond acceptors (Lipinski definition) is 4. The van der Waals surface area contributed by atoms with Gasteiger partial charge in [0.05, 0.1) is 12.1 Å². The molecule has 1 aliphatic heterocycles. The van der Waals surface area contributed by atoms with E-state index in [1.165, 1.54) is 18.4 Å². The predicted molar refractivity (Wildman–Crippen MR) is 80.7 cm³/mol. The molecule has 2 unspecified atom stereocenters. The van der Waals surface area contributed by atoms with Crippen LogP contribution in [0.2, 0.25) is 0 Å². The number of likely N-dealkylation sites (tertiary alicyclic amines) is 1. The van der Waals surface area contributed by atoms with Gasteiger partial charge in [0.2, 0.25) is 0 Å². The molecule has 21 heavy (non-hydrogen) atoms. The van der Waals surface area contributed by atoms with E-state index in [1.54, 1.807) is 6.33 Å². The van der Waals surface area contributed by atoms with E-state index in [1.807, 2.05) is 18.2 Å². The number of rotatable bonds is 5. The van der Waals surface area contributed by atoms with Gasteiger partial charge in [0.25, 0.3) is 0 Å². The van der Waals surface area contributed by atoms with Crippen molar-refractivity contribution in [2.75, 3.05) is 13.1 Å². The minimum Gasteiger partial charge on any atom is -0.391 e. The fourth-order valence-corrected chi connectivity index (χ4v) is 3.12. The molecule has 5 heteroatoms. The van der Waals surface area contributed by atoms with Crippen LogP contribution in [0.5, 0.6) is 0 Å². The molecule has 0 aliphatic carbocycles. The first kappa shape index (κ1) is 14.2. The van der Waals surface area contributed by atoms with Gasteiger partial charge in [-0.05, 0) is 31.4 Å². The molecule has 1 saturated heterocycles. The Labute approximate surface area is 125 Å². The second-order valence-electron chi connectivity index (χ2n) is 5.72. The van der Waals surface area contributed by atoms with Crippen molar-refractivity contribution in [1.82, 2.24) is 20.1 Å². The zero-order chi connectivity index (χ0) is 14.5. The lowest BCUT2D eigenvalue weighted by atomic mass is 10.00. The van der Waals surface area contributed by atoms with E-state index >= 15 is 0 Å². The number of nitrogens with zero attached hydrogens (tertiary/aromatic N) is 3. The van der Waals surface area contributed by atoms with Crippen molar-refractivity contribution < 1.29 is 5.11 Å². The van der Waals surface area contributed by atoms with Crippen molar-refractivity contribution >= 4 is 0 Å². The first-order valence-electron chi connectivity index (χ1n) is 7.64. The molecule has 1 aliphatic rings. The summed E-state index contributed by atoms with van der Waals surface area (Å²) < 4.78 is 0. The van der Waals surface area contributed by atoms with Crippen LogP contribution in [0.15, 0.2) is 36.7 Å². The highest BCUT2D eigenvalue weighted by atomic mass is 16.3. The predicted octanol–water partition coefficient (Wildman–Crippen LogP) is 1.94. The molecule has 1 aromatic carbocycles. The van der Waals surface area contributed by atoms with Crippen molar-refractivity contribution in [2.45, 2.75) is 37.8 Å². The summed E-state index contributed by atoms with van der Waals surface area (Å²) in [5, 5.41) is 17.3. The molecule has 0 radical (unpaired) electrons. The van der Waals surface area contributed by atoms with Crippen LogP contribution in [0.25, 0.3) is 0 Å². The Balaban J connectivity index is 1.62. The average molecular weight is 286 g/mol. The molecule has 1 fully saturated rings. The summed E-state index contributed by atoms with van der Waals surface area (Å²) in [6.45, 7) is 1.69. The standard InChI is InChI=1S/C16H22N4O/c21-14(10-13-6-2-1-3-7-13)11-20-9-5-4-8-15(20)16-17-12-18-19-16/h1-3,6-7,12,14-15,21H,4-5,8-11H2,(H,17,18,19). The third-order valence-corrected chi connectivity index (χ3v) is 4.12. The lowest BCUT2D eigenvalue weighted by molar-refractivity contribution is 0.0643. The van der Waals surface area contributed by atoms with Gasteiger partial charge < -0.3 is 5.11 Å². The topological polar surface area (TPSA) is 65.0 Å². The highest BCUT2D eigenvalue weighted by Crippen LogP contribution is 2.28. The Morgan fingerprint density at radius 1 is 1.29 bits per heavy atom. The third kappa shape index (κ3) is 3.68. The molecule has 0 bridgehead atoms. The molecule has 2 aromatic rings. The van der Waals surface area contributed by atoms with Crippen LogP contribution in [0, 0.1) is 0 Å². The number of benzene rings is 1. The second-order valence-corrected chi connectivity index (χ2v) is 5.72. The highest BCUT2D eigenvalue weighted by molar-refractivity contribution is 5.15. The summed E-state index contributed by atoms with van der Waals surface area (Å²) >= 11 is 0. The van der Waals surface area contributed by atoms with Gasteiger partial charge in [-0.2, -0.15) is 5.10 Å². The first-order valence-corrected chi connectivity index (χ1v) is 7.64. The van der Waals surface area contributed by atoms with Crippen LogP contribution < -0.4 is 0 Å². The average Bonchev–Trinajstić information content (AvgIpc) is 3.03. The van der Waals surface area contributed by atoms with Crippen molar-refractivity contribution in [2.24, 2.45) is 0 Å². The summed E-state index contributed by atoms with van der Waals surface area (Å²) in [6, 6.07) is 10.4.